The van der Waals surface area contributed by atoms with E-state index in [-0.39, 0.29) is 11.9 Å². The van der Waals surface area contributed by atoms with Gasteiger partial charge in [0.15, 0.2) is 11.3 Å². The van der Waals surface area contributed by atoms with E-state index in [0.29, 0.717) is 24.4 Å². The van der Waals surface area contributed by atoms with Crippen LogP contribution in [0.25, 0.3) is 16.8 Å². The van der Waals surface area contributed by atoms with Gasteiger partial charge in [0.25, 0.3) is 0 Å². The lowest BCUT2D eigenvalue weighted by Gasteiger charge is -2.29. The molecule has 27 heavy (non-hydrogen) atoms. The zero-order valence-corrected chi connectivity index (χ0v) is 15.7. The van der Waals surface area contributed by atoms with E-state index in [0.717, 1.165) is 42.0 Å². The van der Waals surface area contributed by atoms with Gasteiger partial charge < -0.3 is 15.2 Å². The van der Waals surface area contributed by atoms with Crippen molar-refractivity contribution in [2.24, 2.45) is 11.8 Å². The van der Waals surface area contributed by atoms with Crippen molar-refractivity contribution in [3.8, 4) is 0 Å². The molecule has 142 valence electrons. The summed E-state index contributed by atoms with van der Waals surface area (Å²) in [4.78, 5) is 22.2. The van der Waals surface area contributed by atoms with E-state index in [1.807, 2.05) is 17.2 Å². The Morgan fingerprint density at radius 1 is 1.30 bits per heavy atom. The first kappa shape index (κ1) is 16.5. The molecule has 2 fully saturated rings. The largest absolute Gasteiger partial charge is 0.345 e. The molecule has 0 spiro atoms. The van der Waals surface area contributed by atoms with Gasteiger partial charge in [0, 0.05) is 31.2 Å². The number of carbonyl (C=O) groups is 1. The normalized spacial score (nSPS) is 23.4. The molecular weight excluding hydrogens is 342 g/mol. The molecule has 4 heterocycles. The number of nitrogens with zero attached hydrogens (tertiary/aromatic N) is 5. The summed E-state index contributed by atoms with van der Waals surface area (Å²) in [6.07, 6.45) is 7.05. The van der Waals surface area contributed by atoms with E-state index >= 15 is 0 Å². The molecule has 2 atom stereocenters. The Morgan fingerprint density at radius 3 is 2.89 bits per heavy atom. The molecule has 1 aliphatic heterocycles. The van der Waals surface area contributed by atoms with E-state index in [1.54, 1.807) is 6.20 Å². The van der Waals surface area contributed by atoms with Gasteiger partial charge in [-0.1, -0.05) is 13.8 Å². The molecule has 8 nitrogen and oxygen atoms in total. The van der Waals surface area contributed by atoms with Crippen molar-refractivity contribution < 1.29 is 4.79 Å². The van der Waals surface area contributed by atoms with Gasteiger partial charge in [-0.2, -0.15) is 0 Å². The molecule has 8 heteroatoms. The van der Waals surface area contributed by atoms with Gasteiger partial charge >= 0.3 is 6.03 Å². The number of rotatable bonds is 3. The second kappa shape index (κ2) is 6.21. The first-order valence-corrected chi connectivity index (χ1v) is 9.84. The number of urea groups is 1. The fourth-order valence-electron chi connectivity index (χ4n) is 4.40. The highest BCUT2D eigenvalue weighted by Crippen LogP contribution is 2.37. The number of amides is 2. The molecule has 3 aromatic rings. The fourth-order valence-corrected chi connectivity index (χ4v) is 4.40. The predicted octanol–water partition coefficient (Wildman–Crippen LogP) is 2.54. The lowest BCUT2D eigenvalue weighted by molar-refractivity contribution is 0.193. The Kier molecular flexibility index (Phi) is 3.80. The van der Waals surface area contributed by atoms with Crippen molar-refractivity contribution in [3.05, 3.63) is 24.3 Å². The van der Waals surface area contributed by atoms with Crippen LogP contribution < -0.4 is 5.32 Å². The minimum Gasteiger partial charge on any atom is -0.345 e. The van der Waals surface area contributed by atoms with E-state index in [4.69, 9.17) is 0 Å². The Labute approximate surface area is 157 Å². The van der Waals surface area contributed by atoms with Gasteiger partial charge in [-0.25, -0.2) is 9.78 Å². The topological polar surface area (TPSA) is 91.2 Å². The Balaban J connectivity index is 1.50. The molecule has 0 bridgehead atoms. The molecule has 0 radical (unpaired) electrons. The average molecular weight is 367 g/mol. The van der Waals surface area contributed by atoms with Crippen molar-refractivity contribution in [1.82, 2.24) is 34.8 Å². The Hall–Kier alpha value is -2.64. The molecule has 5 rings (SSSR count). The number of hydrogen-bond acceptors (Lipinski definition) is 4. The minimum absolute atomic E-state index is 0.0649. The van der Waals surface area contributed by atoms with Crippen LogP contribution in [0.15, 0.2) is 18.5 Å². The second-order valence-electron chi connectivity index (χ2n) is 8.22. The maximum Gasteiger partial charge on any atom is 0.317 e. The van der Waals surface area contributed by atoms with Gasteiger partial charge in [-0.05, 0) is 37.2 Å². The number of H-pyrrole nitrogens is 1. The summed E-state index contributed by atoms with van der Waals surface area (Å²) in [6, 6.07) is 2.42. The zero-order valence-electron chi connectivity index (χ0n) is 15.7. The van der Waals surface area contributed by atoms with Crippen molar-refractivity contribution in [1.29, 1.82) is 0 Å². The average Bonchev–Trinajstić information content (AvgIpc) is 3.32. The molecule has 2 aliphatic rings. The monoisotopic (exact) mass is 367 g/mol. The third-order valence-electron chi connectivity index (χ3n) is 6.24. The zero-order chi connectivity index (χ0) is 18.5. The van der Waals surface area contributed by atoms with E-state index in [2.05, 4.69) is 43.7 Å². The molecule has 1 saturated heterocycles. The first-order valence-electron chi connectivity index (χ1n) is 9.84. The van der Waals surface area contributed by atoms with Crippen LogP contribution in [-0.4, -0.2) is 54.6 Å². The minimum atomic E-state index is 0.0649. The van der Waals surface area contributed by atoms with Crippen LogP contribution in [0.3, 0.4) is 0 Å². The molecule has 1 saturated carbocycles. The SMILES string of the molecule is CC(C)[C@@H]1CN(C(=O)NC2CCC2)C[C@@H]1c1nnc2cnc3[nH]ccc3n12. The van der Waals surface area contributed by atoms with Crippen LogP contribution in [0.2, 0.25) is 0 Å². The summed E-state index contributed by atoms with van der Waals surface area (Å²) in [5.41, 5.74) is 2.55. The van der Waals surface area contributed by atoms with Gasteiger partial charge in [0.2, 0.25) is 0 Å². The first-order chi connectivity index (χ1) is 13.1. The Bertz CT molecular complexity index is 986. The lowest BCUT2D eigenvalue weighted by Crippen LogP contribution is -2.46. The maximum absolute atomic E-state index is 12.7. The highest BCUT2D eigenvalue weighted by Gasteiger charge is 2.41. The molecule has 2 amide bonds. The third-order valence-corrected chi connectivity index (χ3v) is 6.24. The lowest BCUT2D eigenvalue weighted by atomic mass is 9.85. The number of nitrogens with one attached hydrogen (secondary N) is 2. The van der Waals surface area contributed by atoms with E-state index in [1.165, 1.54) is 6.42 Å². The van der Waals surface area contributed by atoms with Gasteiger partial charge in [0.05, 0.1) is 11.7 Å². The van der Waals surface area contributed by atoms with Crippen LogP contribution in [0, 0.1) is 11.8 Å². The van der Waals surface area contributed by atoms with Crippen LogP contribution in [-0.2, 0) is 0 Å². The highest BCUT2D eigenvalue weighted by molar-refractivity contribution is 5.76. The van der Waals surface area contributed by atoms with Crippen molar-refractivity contribution in [3.63, 3.8) is 0 Å². The second-order valence-corrected chi connectivity index (χ2v) is 8.22. The fraction of sp³-hybridized carbons (Fsp3) is 0.579. The van der Waals surface area contributed by atoms with Crippen molar-refractivity contribution >= 4 is 22.8 Å². The summed E-state index contributed by atoms with van der Waals surface area (Å²) in [7, 11) is 0. The van der Waals surface area contributed by atoms with E-state index in [9.17, 15) is 4.79 Å². The standard InChI is InChI=1S/C19H25N7O/c1-11(2)13-9-25(19(27)22-12-4-3-5-12)10-14(13)18-24-23-16-8-21-17-15(26(16)18)6-7-20-17/h6-8,11-14,20H,3-5,9-10H2,1-2H3,(H,22,27)/t13-,14-/m0/s1. The van der Waals surface area contributed by atoms with Crippen LogP contribution in [0.1, 0.15) is 44.9 Å². The maximum atomic E-state index is 12.7. The molecule has 3 aromatic heterocycles. The summed E-state index contributed by atoms with van der Waals surface area (Å²) in [6.45, 7) is 5.89. The van der Waals surface area contributed by atoms with Crippen molar-refractivity contribution in [2.45, 2.75) is 45.1 Å². The van der Waals surface area contributed by atoms with Crippen LogP contribution in [0.4, 0.5) is 4.79 Å². The highest BCUT2D eigenvalue weighted by atomic mass is 16.2. The van der Waals surface area contributed by atoms with Gasteiger partial charge in [-0.15, -0.1) is 10.2 Å². The number of hydrogen-bond donors (Lipinski definition) is 2. The number of aromatic nitrogens is 5. The van der Waals surface area contributed by atoms with Gasteiger partial charge in [-0.3, -0.25) is 4.40 Å². The quantitative estimate of drug-likeness (QED) is 0.744. The number of fused-ring (bicyclic) bond motifs is 3. The predicted molar refractivity (Wildman–Crippen MR) is 101 cm³/mol. The molecule has 0 aromatic carbocycles. The summed E-state index contributed by atoms with van der Waals surface area (Å²) in [5.74, 6) is 1.89. The molecule has 0 unspecified atom stereocenters. The number of aromatic amines is 1. The third kappa shape index (κ3) is 2.65. The van der Waals surface area contributed by atoms with E-state index < -0.39 is 0 Å². The molecule has 2 N–H and O–H groups in total. The molecule has 1 aliphatic carbocycles. The van der Waals surface area contributed by atoms with Gasteiger partial charge in [0.1, 0.15) is 5.82 Å². The summed E-state index contributed by atoms with van der Waals surface area (Å²) < 4.78 is 2.09. The summed E-state index contributed by atoms with van der Waals surface area (Å²) >= 11 is 0. The molecular formula is C19H25N7O. The summed E-state index contributed by atoms with van der Waals surface area (Å²) in [5, 5.41) is 12.0. The van der Waals surface area contributed by atoms with Crippen LogP contribution >= 0.6 is 0 Å². The number of likely N-dealkylation sites (tertiary alicyclic amines) is 1. The number of carbonyl (C=O) groups excluding carboxylic acids is 1. The van der Waals surface area contributed by atoms with Crippen molar-refractivity contribution in [2.75, 3.05) is 13.1 Å². The smallest absolute Gasteiger partial charge is 0.317 e. The Morgan fingerprint density at radius 2 is 2.15 bits per heavy atom. The van der Waals surface area contributed by atoms with Crippen LogP contribution in [0.5, 0.6) is 0 Å².